The molecule has 0 saturated carbocycles. The zero-order chi connectivity index (χ0) is 16.8. The molecule has 0 aliphatic carbocycles. The normalized spacial score (nSPS) is 10.9. The molecule has 0 aliphatic heterocycles. The second-order valence-electron chi connectivity index (χ2n) is 4.96. The molecular formula is C19H16N2OS2. The summed E-state index contributed by atoms with van der Waals surface area (Å²) < 4.78 is 1.24. The largest absolute Gasteiger partial charge is 0.322 e. The van der Waals surface area contributed by atoms with Crippen molar-refractivity contribution in [2.24, 2.45) is 4.99 Å². The fourth-order valence-electron chi connectivity index (χ4n) is 2.14. The molecule has 1 heterocycles. The van der Waals surface area contributed by atoms with Crippen molar-refractivity contribution in [2.45, 2.75) is 4.21 Å². The Hall–Kier alpha value is -2.37. The van der Waals surface area contributed by atoms with Gasteiger partial charge in [-0.15, -0.1) is 23.1 Å². The number of carbonyl (C=O) groups is 1. The molecule has 0 atom stereocenters. The van der Waals surface area contributed by atoms with Crippen LogP contribution in [0.2, 0.25) is 0 Å². The number of aliphatic imine (C=N–C) groups is 1. The molecule has 120 valence electrons. The Kier molecular flexibility index (Phi) is 5.46. The predicted molar refractivity (Wildman–Crippen MR) is 104 cm³/mol. The number of thiophene rings is 1. The monoisotopic (exact) mass is 352 g/mol. The molecule has 1 aromatic heterocycles. The van der Waals surface area contributed by atoms with Gasteiger partial charge in [-0.1, -0.05) is 30.3 Å². The highest BCUT2D eigenvalue weighted by atomic mass is 32.2. The quantitative estimate of drug-likeness (QED) is 0.488. The average molecular weight is 352 g/mol. The van der Waals surface area contributed by atoms with Gasteiger partial charge >= 0.3 is 0 Å². The van der Waals surface area contributed by atoms with Gasteiger partial charge in [-0.2, -0.15) is 0 Å². The Balaban J connectivity index is 1.81. The summed E-state index contributed by atoms with van der Waals surface area (Å²) in [6.07, 6.45) is 3.86. The minimum Gasteiger partial charge on any atom is -0.322 e. The van der Waals surface area contributed by atoms with Crippen LogP contribution in [0.4, 0.5) is 11.4 Å². The maximum atomic E-state index is 12.5. The Bertz CT molecular complexity index is 857. The summed E-state index contributed by atoms with van der Waals surface area (Å²) >= 11 is 3.40. The smallest absolute Gasteiger partial charge is 0.257 e. The van der Waals surface area contributed by atoms with Crippen LogP contribution in [0, 0.1) is 0 Å². The van der Waals surface area contributed by atoms with Gasteiger partial charge in [-0.3, -0.25) is 9.79 Å². The number of hydrogen-bond acceptors (Lipinski definition) is 4. The van der Waals surface area contributed by atoms with E-state index in [1.54, 1.807) is 35.4 Å². The molecule has 0 unspecified atom stereocenters. The van der Waals surface area contributed by atoms with E-state index in [2.05, 4.69) is 22.6 Å². The summed E-state index contributed by atoms with van der Waals surface area (Å²) in [6, 6.07) is 20.9. The van der Waals surface area contributed by atoms with Gasteiger partial charge in [0.1, 0.15) is 0 Å². The molecule has 5 heteroatoms. The third kappa shape index (κ3) is 4.13. The number of para-hydroxylation sites is 2. The van der Waals surface area contributed by atoms with E-state index in [0.717, 1.165) is 10.6 Å². The van der Waals surface area contributed by atoms with Gasteiger partial charge in [0.05, 0.1) is 15.5 Å². The van der Waals surface area contributed by atoms with Crippen LogP contribution < -0.4 is 5.32 Å². The zero-order valence-corrected chi connectivity index (χ0v) is 14.7. The summed E-state index contributed by atoms with van der Waals surface area (Å²) in [5.41, 5.74) is 1.98. The molecule has 0 saturated heterocycles. The lowest BCUT2D eigenvalue weighted by Crippen LogP contribution is -2.11. The number of carbonyl (C=O) groups excluding carboxylic acids is 1. The van der Waals surface area contributed by atoms with E-state index in [1.165, 1.54) is 4.21 Å². The average Bonchev–Trinajstić information content (AvgIpc) is 3.09. The summed E-state index contributed by atoms with van der Waals surface area (Å²) in [6.45, 7) is 0. The van der Waals surface area contributed by atoms with Crippen molar-refractivity contribution < 1.29 is 4.79 Å². The summed E-state index contributed by atoms with van der Waals surface area (Å²) in [7, 11) is 0. The van der Waals surface area contributed by atoms with Crippen molar-refractivity contribution in [3.63, 3.8) is 0 Å². The molecule has 24 heavy (non-hydrogen) atoms. The van der Waals surface area contributed by atoms with E-state index < -0.39 is 0 Å². The van der Waals surface area contributed by atoms with Crippen molar-refractivity contribution in [2.75, 3.05) is 11.6 Å². The van der Waals surface area contributed by atoms with Gasteiger partial charge in [0.25, 0.3) is 5.91 Å². The van der Waals surface area contributed by atoms with E-state index in [-0.39, 0.29) is 5.91 Å². The zero-order valence-electron chi connectivity index (χ0n) is 13.1. The fourth-order valence-corrected chi connectivity index (χ4v) is 3.58. The van der Waals surface area contributed by atoms with Gasteiger partial charge in [-0.05, 0) is 42.7 Å². The van der Waals surface area contributed by atoms with Crippen molar-refractivity contribution in [1.29, 1.82) is 0 Å². The van der Waals surface area contributed by atoms with Crippen LogP contribution in [-0.2, 0) is 0 Å². The van der Waals surface area contributed by atoms with Crippen molar-refractivity contribution >= 4 is 46.6 Å². The highest BCUT2D eigenvalue weighted by Gasteiger charge is 2.10. The van der Waals surface area contributed by atoms with Gasteiger partial charge in [0.15, 0.2) is 0 Å². The Morgan fingerprint density at radius 3 is 2.54 bits per heavy atom. The molecule has 3 rings (SSSR count). The Morgan fingerprint density at radius 1 is 1.04 bits per heavy atom. The first-order chi connectivity index (χ1) is 11.8. The lowest BCUT2D eigenvalue weighted by Gasteiger charge is -2.07. The number of nitrogens with one attached hydrogen (secondary N) is 1. The van der Waals surface area contributed by atoms with E-state index >= 15 is 0 Å². The van der Waals surface area contributed by atoms with Crippen molar-refractivity contribution in [3.8, 4) is 0 Å². The topological polar surface area (TPSA) is 41.5 Å². The first kappa shape index (κ1) is 16.5. The second-order valence-corrected chi connectivity index (χ2v) is 7.18. The third-order valence-corrected chi connectivity index (χ3v) is 5.42. The highest BCUT2D eigenvalue weighted by molar-refractivity contribution is 8.00. The van der Waals surface area contributed by atoms with Crippen LogP contribution in [0.5, 0.6) is 0 Å². The third-order valence-electron chi connectivity index (χ3n) is 3.31. The minimum atomic E-state index is -0.162. The Labute approximate surface area is 149 Å². The van der Waals surface area contributed by atoms with Crippen LogP contribution in [-0.4, -0.2) is 18.4 Å². The lowest BCUT2D eigenvalue weighted by atomic mass is 10.1. The van der Waals surface area contributed by atoms with Gasteiger partial charge in [-0.25, -0.2) is 0 Å². The molecule has 0 radical (unpaired) electrons. The molecule has 3 nitrogen and oxygen atoms in total. The lowest BCUT2D eigenvalue weighted by molar-refractivity contribution is 0.102. The van der Waals surface area contributed by atoms with Crippen LogP contribution in [0.1, 0.15) is 15.2 Å². The number of rotatable bonds is 5. The van der Waals surface area contributed by atoms with Gasteiger partial charge in [0, 0.05) is 16.8 Å². The van der Waals surface area contributed by atoms with E-state index in [1.807, 2.05) is 54.6 Å². The molecule has 2 aromatic carbocycles. The standard InChI is InChI=1S/C19H16N2OS2/c1-23-18-12-11-15(24-18)13-20-17-10-6-5-9-16(17)19(22)21-14-7-3-2-4-8-14/h2-13H,1H3,(H,21,22). The van der Waals surface area contributed by atoms with E-state index in [0.29, 0.717) is 11.3 Å². The number of thioether (sulfide) groups is 1. The molecule has 1 amide bonds. The van der Waals surface area contributed by atoms with Crippen LogP contribution in [0.15, 0.2) is 75.9 Å². The first-order valence-electron chi connectivity index (χ1n) is 7.39. The number of hydrogen-bond donors (Lipinski definition) is 1. The number of benzene rings is 2. The maximum absolute atomic E-state index is 12.5. The fraction of sp³-hybridized carbons (Fsp3) is 0.0526. The van der Waals surface area contributed by atoms with E-state index in [4.69, 9.17) is 0 Å². The molecule has 0 fully saturated rings. The first-order valence-corrected chi connectivity index (χ1v) is 9.44. The van der Waals surface area contributed by atoms with E-state index in [9.17, 15) is 4.79 Å². The minimum absolute atomic E-state index is 0.162. The number of amides is 1. The van der Waals surface area contributed by atoms with Gasteiger partial charge < -0.3 is 5.32 Å². The van der Waals surface area contributed by atoms with Crippen LogP contribution >= 0.6 is 23.1 Å². The van der Waals surface area contributed by atoms with Crippen LogP contribution in [0.25, 0.3) is 0 Å². The maximum Gasteiger partial charge on any atom is 0.257 e. The summed E-state index contributed by atoms with van der Waals surface area (Å²) in [4.78, 5) is 18.1. The second kappa shape index (κ2) is 7.95. The predicted octanol–water partition coefficient (Wildman–Crippen LogP) is 5.47. The molecule has 3 aromatic rings. The number of anilines is 1. The molecule has 1 N–H and O–H groups in total. The van der Waals surface area contributed by atoms with Gasteiger partial charge in [0.2, 0.25) is 0 Å². The summed E-state index contributed by atoms with van der Waals surface area (Å²) in [5.74, 6) is -0.162. The number of nitrogens with zero attached hydrogens (tertiary/aromatic N) is 1. The Morgan fingerprint density at radius 2 is 1.79 bits per heavy atom. The molecular weight excluding hydrogens is 336 g/mol. The van der Waals surface area contributed by atoms with Crippen molar-refractivity contribution in [1.82, 2.24) is 0 Å². The SMILES string of the molecule is CSc1ccc(C=Nc2ccccc2C(=O)Nc2ccccc2)s1. The molecule has 0 bridgehead atoms. The highest BCUT2D eigenvalue weighted by Crippen LogP contribution is 2.25. The van der Waals surface area contributed by atoms with Crippen LogP contribution in [0.3, 0.4) is 0 Å². The molecule has 0 spiro atoms. The van der Waals surface area contributed by atoms with Crippen molar-refractivity contribution in [3.05, 3.63) is 77.2 Å². The molecule has 0 aliphatic rings. The summed E-state index contributed by atoms with van der Waals surface area (Å²) in [5, 5.41) is 2.90.